The van der Waals surface area contributed by atoms with Gasteiger partial charge in [-0.25, -0.2) is 0 Å². The number of rotatable bonds is 5. The average Bonchev–Trinajstić information content (AvgIpc) is 2.41. The molecule has 100 valence electrons. The van der Waals surface area contributed by atoms with Gasteiger partial charge in [-0.2, -0.15) is 0 Å². The van der Waals surface area contributed by atoms with Crippen molar-refractivity contribution in [3.05, 3.63) is 0 Å². The Morgan fingerprint density at radius 1 is 0.941 bits per heavy atom. The standard InChI is InChI=1S/C15H29NO/c1-2-13-3-5-14(6-4-13)9-12-17-15-7-10-16-11-8-15/h13-16H,2-12H2,1H3. The van der Waals surface area contributed by atoms with Crippen LogP contribution in [0.2, 0.25) is 0 Å². The van der Waals surface area contributed by atoms with E-state index in [-0.39, 0.29) is 0 Å². The molecule has 0 aromatic carbocycles. The minimum absolute atomic E-state index is 0.545. The van der Waals surface area contributed by atoms with Crippen molar-refractivity contribution in [2.24, 2.45) is 11.8 Å². The first-order chi connectivity index (χ1) is 8.38. The van der Waals surface area contributed by atoms with Crippen molar-refractivity contribution in [1.82, 2.24) is 5.32 Å². The number of piperidine rings is 1. The maximum Gasteiger partial charge on any atom is 0.0599 e. The van der Waals surface area contributed by atoms with Gasteiger partial charge in [0.25, 0.3) is 0 Å². The van der Waals surface area contributed by atoms with E-state index < -0.39 is 0 Å². The van der Waals surface area contributed by atoms with Crippen LogP contribution in [0.25, 0.3) is 0 Å². The van der Waals surface area contributed by atoms with Crippen LogP contribution in [0.4, 0.5) is 0 Å². The third kappa shape index (κ3) is 4.59. The number of hydrogen-bond acceptors (Lipinski definition) is 2. The van der Waals surface area contributed by atoms with E-state index in [0.717, 1.165) is 31.5 Å². The number of nitrogens with one attached hydrogen (secondary N) is 1. The lowest BCUT2D eigenvalue weighted by atomic mass is 9.80. The quantitative estimate of drug-likeness (QED) is 0.794. The summed E-state index contributed by atoms with van der Waals surface area (Å²) < 4.78 is 6.00. The van der Waals surface area contributed by atoms with Crippen molar-refractivity contribution < 1.29 is 4.74 Å². The summed E-state index contributed by atoms with van der Waals surface area (Å²) in [5.74, 6) is 1.98. The fourth-order valence-corrected chi connectivity index (χ4v) is 3.29. The predicted octanol–water partition coefficient (Wildman–Crippen LogP) is 3.36. The minimum atomic E-state index is 0.545. The maximum absolute atomic E-state index is 6.00. The fraction of sp³-hybridized carbons (Fsp3) is 1.00. The minimum Gasteiger partial charge on any atom is -0.378 e. The highest BCUT2D eigenvalue weighted by atomic mass is 16.5. The van der Waals surface area contributed by atoms with Gasteiger partial charge in [-0.05, 0) is 44.2 Å². The molecule has 1 aliphatic heterocycles. The second kappa shape index (κ2) is 7.38. The summed E-state index contributed by atoms with van der Waals surface area (Å²) in [7, 11) is 0. The molecule has 2 heteroatoms. The molecule has 0 spiro atoms. The Bertz CT molecular complexity index is 193. The molecular weight excluding hydrogens is 210 g/mol. The third-order valence-corrected chi connectivity index (χ3v) is 4.71. The van der Waals surface area contributed by atoms with E-state index in [2.05, 4.69) is 12.2 Å². The van der Waals surface area contributed by atoms with Gasteiger partial charge in [0.15, 0.2) is 0 Å². The molecule has 2 nitrogen and oxygen atoms in total. The second-order valence-electron chi connectivity index (χ2n) is 5.90. The van der Waals surface area contributed by atoms with Crippen LogP contribution in [0.3, 0.4) is 0 Å². The molecule has 0 atom stereocenters. The van der Waals surface area contributed by atoms with E-state index in [1.807, 2.05) is 0 Å². The van der Waals surface area contributed by atoms with Gasteiger partial charge in [0.1, 0.15) is 0 Å². The van der Waals surface area contributed by atoms with E-state index in [0.29, 0.717) is 6.10 Å². The van der Waals surface area contributed by atoms with Crippen LogP contribution < -0.4 is 5.32 Å². The first kappa shape index (κ1) is 13.4. The van der Waals surface area contributed by atoms with Crippen molar-refractivity contribution >= 4 is 0 Å². The molecule has 0 unspecified atom stereocenters. The molecule has 1 aliphatic carbocycles. The van der Waals surface area contributed by atoms with E-state index in [4.69, 9.17) is 4.74 Å². The Morgan fingerprint density at radius 3 is 2.24 bits per heavy atom. The maximum atomic E-state index is 6.00. The molecule has 2 fully saturated rings. The molecule has 0 aromatic rings. The molecule has 0 bridgehead atoms. The topological polar surface area (TPSA) is 21.3 Å². The molecule has 0 aromatic heterocycles. The fourth-order valence-electron chi connectivity index (χ4n) is 3.29. The van der Waals surface area contributed by atoms with E-state index >= 15 is 0 Å². The van der Waals surface area contributed by atoms with Gasteiger partial charge >= 0.3 is 0 Å². The van der Waals surface area contributed by atoms with Gasteiger partial charge in [-0.15, -0.1) is 0 Å². The highest BCUT2D eigenvalue weighted by molar-refractivity contribution is 4.72. The molecule has 0 radical (unpaired) electrons. The van der Waals surface area contributed by atoms with Gasteiger partial charge in [0, 0.05) is 6.61 Å². The summed E-state index contributed by atoms with van der Waals surface area (Å²) >= 11 is 0. The van der Waals surface area contributed by atoms with E-state index in [1.54, 1.807) is 0 Å². The monoisotopic (exact) mass is 239 g/mol. The zero-order valence-corrected chi connectivity index (χ0v) is 11.4. The van der Waals surface area contributed by atoms with Crippen LogP contribution in [-0.4, -0.2) is 25.8 Å². The predicted molar refractivity (Wildman–Crippen MR) is 72.2 cm³/mol. The van der Waals surface area contributed by atoms with E-state index in [1.165, 1.54) is 51.4 Å². The van der Waals surface area contributed by atoms with Crippen LogP contribution in [0, 0.1) is 11.8 Å². The van der Waals surface area contributed by atoms with Crippen LogP contribution in [0.1, 0.15) is 58.3 Å². The summed E-state index contributed by atoms with van der Waals surface area (Å²) in [6.07, 6.45) is 11.5. The lowest BCUT2D eigenvalue weighted by Crippen LogP contribution is -2.32. The Kier molecular flexibility index (Phi) is 5.79. The van der Waals surface area contributed by atoms with Gasteiger partial charge in [-0.3, -0.25) is 0 Å². The summed E-state index contributed by atoms with van der Waals surface area (Å²) in [5, 5.41) is 3.39. The van der Waals surface area contributed by atoms with Crippen molar-refractivity contribution in [3.8, 4) is 0 Å². The Balaban J connectivity index is 1.53. The third-order valence-electron chi connectivity index (χ3n) is 4.71. The average molecular weight is 239 g/mol. The van der Waals surface area contributed by atoms with Crippen LogP contribution in [0.5, 0.6) is 0 Å². The zero-order valence-electron chi connectivity index (χ0n) is 11.4. The molecule has 1 heterocycles. The zero-order chi connectivity index (χ0) is 11.9. The van der Waals surface area contributed by atoms with Crippen molar-refractivity contribution in [1.29, 1.82) is 0 Å². The molecule has 2 rings (SSSR count). The molecule has 1 saturated heterocycles. The highest BCUT2D eigenvalue weighted by Gasteiger charge is 2.20. The number of ether oxygens (including phenoxy) is 1. The van der Waals surface area contributed by atoms with Crippen molar-refractivity contribution in [2.75, 3.05) is 19.7 Å². The smallest absolute Gasteiger partial charge is 0.0599 e. The molecule has 1 N–H and O–H groups in total. The number of hydrogen-bond donors (Lipinski definition) is 1. The Morgan fingerprint density at radius 2 is 1.59 bits per heavy atom. The van der Waals surface area contributed by atoms with Crippen LogP contribution >= 0.6 is 0 Å². The second-order valence-corrected chi connectivity index (χ2v) is 5.90. The molecular formula is C15H29NO. The molecule has 2 aliphatic rings. The Labute approximate surface area is 107 Å². The van der Waals surface area contributed by atoms with Gasteiger partial charge < -0.3 is 10.1 Å². The molecule has 0 amide bonds. The highest BCUT2D eigenvalue weighted by Crippen LogP contribution is 2.32. The summed E-state index contributed by atoms with van der Waals surface area (Å²) in [6.45, 7) is 5.63. The lowest BCUT2D eigenvalue weighted by molar-refractivity contribution is 0.0221. The van der Waals surface area contributed by atoms with Gasteiger partial charge in [0.2, 0.25) is 0 Å². The SMILES string of the molecule is CCC1CCC(CCOC2CCNCC2)CC1. The summed E-state index contributed by atoms with van der Waals surface area (Å²) in [5.41, 5.74) is 0. The van der Waals surface area contributed by atoms with Gasteiger partial charge in [0.05, 0.1) is 6.10 Å². The lowest BCUT2D eigenvalue weighted by Gasteiger charge is -2.29. The van der Waals surface area contributed by atoms with Crippen molar-refractivity contribution in [3.63, 3.8) is 0 Å². The van der Waals surface area contributed by atoms with E-state index in [9.17, 15) is 0 Å². The first-order valence-electron chi connectivity index (χ1n) is 7.70. The Hall–Kier alpha value is -0.0800. The normalized spacial score (nSPS) is 31.6. The summed E-state index contributed by atoms with van der Waals surface area (Å²) in [6, 6.07) is 0. The molecule has 17 heavy (non-hydrogen) atoms. The molecule has 1 saturated carbocycles. The van der Waals surface area contributed by atoms with Crippen molar-refractivity contribution in [2.45, 2.75) is 64.4 Å². The van der Waals surface area contributed by atoms with Crippen LogP contribution in [0.15, 0.2) is 0 Å². The van der Waals surface area contributed by atoms with Gasteiger partial charge in [-0.1, -0.05) is 39.0 Å². The van der Waals surface area contributed by atoms with Crippen LogP contribution in [-0.2, 0) is 4.74 Å². The first-order valence-corrected chi connectivity index (χ1v) is 7.70. The summed E-state index contributed by atoms with van der Waals surface area (Å²) in [4.78, 5) is 0. The largest absolute Gasteiger partial charge is 0.378 e.